The molecule has 1 N–H and O–H groups in total. The summed E-state index contributed by atoms with van der Waals surface area (Å²) < 4.78 is 31.0. The summed E-state index contributed by atoms with van der Waals surface area (Å²) in [6.45, 7) is 2.29. The first-order chi connectivity index (χ1) is 14.4. The Kier molecular flexibility index (Phi) is 5.55. The van der Waals surface area contributed by atoms with Crippen LogP contribution in [0.3, 0.4) is 0 Å². The van der Waals surface area contributed by atoms with Crippen molar-refractivity contribution in [1.82, 2.24) is 9.97 Å². The number of H-pyrrole nitrogens is 1. The van der Waals surface area contributed by atoms with Crippen LogP contribution < -0.4 is 10.3 Å². The lowest BCUT2D eigenvalue weighted by molar-refractivity contribution is 0.310. The van der Waals surface area contributed by atoms with Gasteiger partial charge in [0.05, 0.1) is 17.9 Å². The monoisotopic (exact) mass is 422 g/mol. The molecular formula is C23H22N2O4S. The van der Waals surface area contributed by atoms with Crippen LogP contribution in [0.25, 0.3) is 21.8 Å². The summed E-state index contributed by atoms with van der Waals surface area (Å²) in [5.74, 6) is 0.719. The molecule has 0 unspecified atom stereocenters. The highest BCUT2D eigenvalue weighted by atomic mass is 32.2. The summed E-state index contributed by atoms with van der Waals surface area (Å²) in [4.78, 5) is 18.6. The zero-order valence-electron chi connectivity index (χ0n) is 16.6. The van der Waals surface area contributed by atoms with E-state index in [4.69, 9.17) is 4.74 Å². The first kappa shape index (κ1) is 20.1. The van der Waals surface area contributed by atoms with Crippen molar-refractivity contribution >= 4 is 31.6 Å². The van der Waals surface area contributed by atoms with Crippen molar-refractivity contribution in [3.05, 3.63) is 76.6 Å². The van der Waals surface area contributed by atoms with Crippen molar-refractivity contribution in [2.45, 2.75) is 24.8 Å². The Bertz CT molecular complexity index is 1380. The van der Waals surface area contributed by atoms with Crippen LogP contribution >= 0.6 is 0 Å². The number of aromatic amines is 1. The highest BCUT2D eigenvalue weighted by Gasteiger charge is 2.16. The summed E-state index contributed by atoms with van der Waals surface area (Å²) in [6, 6.07) is 17.9. The van der Waals surface area contributed by atoms with Crippen LogP contribution in [-0.4, -0.2) is 30.7 Å². The number of aryl methyl sites for hydroxylation is 1. The number of nitrogens with zero attached hydrogens (tertiary/aromatic N) is 1. The van der Waals surface area contributed by atoms with Crippen LogP contribution in [0.1, 0.15) is 18.4 Å². The van der Waals surface area contributed by atoms with Crippen molar-refractivity contribution in [2.75, 3.05) is 12.4 Å². The second-order valence-electron chi connectivity index (χ2n) is 7.24. The van der Waals surface area contributed by atoms with Crippen molar-refractivity contribution in [2.24, 2.45) is 0 Å². The molecule has 2 aromatic carbocycles. The molecule has 0 bridgehead atoms. The predicted octanol–water partition coefficient (Wildman–Crippen LogP) is 4.02. The van der Waals surface area contributed by atoms with Gasteiger partial charge in [0.1, 0.15) is 5.75 Å². The Hall–Kier alpha value is -3.19. The van der Waals surface area contributed by atoms with Crippen molar-refractivity contribution in [1.29, 1.82) is 0 Å². The Morgan fingerprint density at radius 1 is 1.00 bits per heavy atom. The zero-order chi connectivity index (χ0) is 21.1. The maximum absolute atomic E-state index is 12.6. The molecule has 7 heteroatoms. The largest absolute Gasteiger partial charge is 0.494 e. The minimum Gasteiger partial charge on any atom is -0.494 e. The zero-order valence-corrected chi connectivity index (χ0v) is 17.4. The predicted molar refractivity (Wildman–Crippen MR) is 118 cm³/mol. The third kappa shape index (κ3) is 4.36. The average Bonchev–Trinajstić information content (AvgIpc) is 2.73. The molecule has 154 valence electrons. The molecule has 2 aromatic heterocycles. The van der Waals surface area contributed by atoms with Crippen molar-refractivity contribution < 1.29 is 13.2 Å². The van der Waals surface area contributed by atoms with Gasteiger partial charge in [-0.3, -0.25) is 4.79 Å². The molecule has 0 spiro atoms. The third-order valence-electron chi connectivity index (χ3n) is 4.99. The van der Waals surface area contributed by atoms with Gasteiger partial charge < -0.3 is 9.72 Å². The number of para-hydroxylation sites is 1. The van der Waals surface area contributed by atoms with E-state index >= 15 is 0 Å². The standard InChI is InChI=1S/C23H22N2O4S/c1-16-14-22(26)24-21-10-9-18(15-19(16)21)29-12-4-5-13-30(27,28)23-11-8-17-6-2-3-7-20(17)25-23/h2-3,6-11,14-15H,4-5,12-13H2,1H3,(H,24,26). The molecule has 0 aliphatic rings. The maximum Gasteiger partial charge on any atom is 0.248 e. The molecule has 0 fully saturated rings. The van der Waals surface area contributed by atoms with Crippen LogP contribution in [0, 0.1) is 6.92 Å². The summed E-state index contributed by atoms with van der Waals surface area (Å²) in [5, 5.41) is 1.96. The van der Waals surface area contributed by atoms with Gasteiger partial charge in [-0.15, -0.1) is 0 Å². The highest BCUT2D eigenvalue weighted by molar-refractivity contribution is 7.91. The van der Waals surface area contributed by atoms with Gasteiger partial charge in [-0.25, -0.2) is 13.4 Å². The van der Waals surface area contributed by atoms with Gasteiger partial charge in [0, 0.05) is 22.4 Å². The topological polar surface area (TPSA) is 89.1 Å². The minimum absolute atomic E-state index is 0.0275. The van der Waals surface area contributed by atoms with Gasteiger partial charge in [-0.1, -0.05) is 18.2 Å². The molecular weight excluding hydrogens is 400 g/mol. The Morgan fingerprint density at radius 3 is 2.70 bits per heavy atom. The fourth-order valence-corrected chi connectivity index (χ4v) is 4.71. The molecule has 0 aliphatic carbocycles. The quantitative estimate of drug-likeness (QED) is 0.455. The van der Waals surface area contributed by atoms with Crippen LogP contribution in [0.5, 0.6) is 5.75 Å². The fraction of sp³-hybridized carbons (Fsp3) is 0.217. The maximum atomic E-state index is 12.6. The van der Waals surface area contributed by atoms with Gasteiger partial charge >= 0.3 is 0 Å². The number of hydrogen-bond acceptors (Lipinski definition) is 5. The Labute approximate surface area is 174 Å². The molecule has 4 aromatic rings. The van der Waals surface area contributed by atoms with E-state index in [9.17, 15) is 13.2 Å². The number of unbranched alkanes of at least 4 members (excludes halogenated alkanes) is 1. The highest BCUT2D eigenvalue weighted by Crippen LogP contribution is 2.22. The van der Waals surface area contributed by atoms with E-state index in [0.29, 0.717) is 30.7 Å². The van der Waals surface area contributed by atoms with Crippen molar-refractivity contribution in [3.63, 3.8) is 0 Å². The summed E-state index contributed by atoms with van der Waals surface area (Å²) in [5.41, 5.74) is 2.19. The van der Waals surface area contributed by atoms with E-state index in [0.717, 1.165) is 21.9 Å². The number of rotatable bonds is 7. The van der Waals surface area contributed by atoms with Gasteiger partial charge in [0.2, 0.25) is 5.56 Å². The smallest absolute Gasteiger partial charge is 0.248 e. The number of fused-ring (bicyclic) bond motifs is 2. The molecule has 0 saturated carbocycles. The fourth-order valence-electron chi connectivity index (χ4n) is 3.40. The number of sulfone groups is 1. The summed E-state index contributed by atoms with van der Waals surface area (Å²) in [6.07, 6.45) is 1.09. The molecule has 6 nitrogen and oxygen atoms in total. The van der Waals surface area contributed by atoms with E-state index in [2.05, 4.69) is 9.97 Å². The molecule has 0 radical (unpaired) electrons. The first-order valence-corrected chi connectivity index (χ1v) is 11.4. The normalized spacial score (nSPS) is 11.8. The third-order valence-corrected chi connectivity index (χ3v) is 6.68. The lowest BCUT2D eigenvalue weighted by atomic mass is 10.1. The number of pyridine rings is 2. The second-order valence-corrected chi connectivity index (χ2v) is 9.30. The number of ether oxygens (including phenoxy) is 1. The number of benzene rings is 2. The second kappa shape index (κ2) is 8.28. The molecule has 4 rings (SSSR count). The lowest BCUT2D eigenvalue weighted by Crippen LogP contribution is -2.10. The first-order valence-electron chi connectivity index (χ1n) is 9.77. The average molecular weight is 423 g/mol. The van der Waals surface area contributed by atoms with E-state index in [1.165, 1.54) is 0 Å². The summed E-state index contributed by atoms with van der Waals surface area (Å²) in [7, 11) is -3.44. The van der Waals surface area contributed by atoms with Crippen molar-refractivity contribution in [3.8, 4) is 5.75 Å². The lowest BCUT2D eigenvalue weighted by Gasteiger charge is -2.09. The van der Waals surface area contributed by atoms with Crippen LogP contribution in [0.4, 0.5) is 0 Å². The van der Waals surface area contributed by atoms with Gasteiger partial charge in [0.25, 0.3) is 0 Å². The molecule has 0 amide bonds. The van der Waals surface area contributed by atoms with E-state index in [1.54, 1.807) is 24.3 Å². The summed E-state index contributed by atoms with van der Waals surface area (Å²) >= 11 is 0. The number of hydrogen-bond donors (Lipinski definition) is 1. The molecule has 30 heavy (non-hydrogen) atoms. The molecule has 2 heterocycles. The van der Waals surface area contributed by atoms with Gasteiger partial charge in [-0.05, 0) is 61.7 Å². The van der Waals surface area contributed by atoms with Gasteiger partial charge in [0.15, 0.2) is 14.9 Å². The molecule has 0 saturated heterocycles. The van der Waals surface area contributed by atoms with E-state index in [-0.39, 0.29) is 16.3 Å². The Morgan fingerprint density at radius 2 is 1.83 bits per heavy atom. The van der Waals surface area contributed by atoms with E-state index in [1.807, 2.05) is 43.3 Å². The molecule has 0 aliphatic heterocycles. The van der Waals surface area contributed by atoms with Crippen LogP contribution in [0.2, 0.25) is 0 Å². The SMILES string of the molecule is Cc1cc(=O)[nH]c2ccc(OCCCCS(=O)(=O)c3ccc4ccccc4n3)cc12. The minimum atomic E-state index is -3.44. The van der Waals surface area contributed by atoms with Gasteiger partial charge in [-0.2, -0.15) is 0 Å². The number of nitrogens with one attached hydrogen (secondary N) is 1. The van der Waals surface area contributed by atoms with Crippen LogP contribution in [0.15, 0.2) is 70.5 Å². The molecule has 0 atom stereocenters. The Balaban J connectivity index is 1.34. The van der Waals surface area contributed by atoms with E-state index < -0.39 is 9.84 Å². The van der Waals surface area contributed by atoms with Crippen LogP contribution in [-0.2, 0) is 9.84 Å². The number of aromatic nitrogens is 2.